The van der Waals surface area contributed by atoms with Crippen LogP contribution in [0.2, 0.25) is 0 Å². The Morgan fingerprint density at radius 2 is 2.33 bits per heavy atom. The van der Waals surface area contributed by atoms with Gasteiger partial charge >= 0.3 is 0 Å². The molecule has 1 aliphatic rings. The van der Waals surface area contributed by atoms with Crippen molar-refractivity contribution < 1.29 is 5.11 Å². The average molecular weight is 207 g/mol. The van der Waals surface area contributed by atoms with Crippen molar-refractivity contribution in [3.8, 4) is 0 Å². The van der Waals surface area contributed by atoms with E-state index in [1.807, 2.05) is 12.1 Å². The van der Waals surface area contributed by atoms with Crippen molar-refractivity contribution in [1.82, 2.24) is 4.98 Å². The first-order valence-electron chi connectivity index (χ1n) is 5.33. The lowest BCUT2D eigenvalue weighted by Crippen LogP contribution is -2.42. The van der Waals surface area contributed by atoms with Crippen molar-refractivity contribution >= 4 is 11.5 Å². The molecule has 0 saturated carbocycles. The van der Waals surface area contributed by atoms with Crippen LogP contribution in [-0.2, 0) is 0 Å². The van der Waals surface area contributed by atoms with Gasteiger partial charge in [-0.2, -0.15) is 0 Å². The molecule has 1 aromatic rings. The Hall–Kier alpha value is -1.29. The van der Waals surface area contributed by atoms with Crippen LogP contribution in [-0.4, -0.2) is 28.8 Å². The molecule has 1 aromatic heterocycles. The molecule has 1 aliphatic heterocycles. The molecule has 0 amide bonds. The highest BCUT2D eigenvalue weighted by molar-refractivity contribution is 5.49. The van der Waals surface area contributed by atoms with Gasteiger partial charge in [-0.05, 0) is 31.9 Å². The predicted molar refractivity (Wildman–Crippen MR) is 60.7 cm³/mol. The van der Waals surface area contributed by atoms with E-state index in [9.17, 15) is 5.11 Å². The molecule has 0 bridgehead atoms. The van der Waals surface area contributed by atoms with Crippen molar-refractivity contribution in [1.29, 1.82) is 0 Å². The number of nitrogens with two attached hydrogens (primary N) is 1. The number of aliphatic hydroxyl groups is 1. The fourth-order valence-corrected chi connectivity index (χ4v) is 2.10. The van der Waals surface area contributed by atoms with Gasteiger partial charge in [0.25, 0.3) is 0 Å². The van der Waals surface area contributed by atoms with Gasteiger partial charge in [-0.3, -0.25) is 0 Å². The molecule has 2 atom stereocenters. The topological polar surface area (TPSA) is 62.4 Å². The number of anilines is 2. The van der Waals surface area contributed by atoms with E-state index < -0.39 is 0 Å². The third-order valence-corrected chi connectivity index (χ3v) is 2.95. The van der Waals surface area contributed by atoms with Crippen LogP contribution in [0.5, 0.6) is 0 Å². The predicted octanol–water partition coefficient (Wildman–Crippen LogP) is 1.01. The first-order valence-corrected chi connectivity index (χ1v) is 5.33. The van der Waals surface area contributed by atoms with Crippen LogP contribution in [0.15, 0.2) is 18.3 Å². The second-order valence-corrected chi connectivity index (χ2v) is 4.16. The lowest BCUT2D eigenvalue weighted by atomic mass is 10.0. The zero-order chi connectivity index (χ0) is 10.8. The lowest BCUT2D eigenvalue weighted by Gasteiger charge is -2.37. The molecule has 2 heterocycles. The maximum Gasteiger partial charge on any atom is 0.123 e. The van der Waals surface area contributed by atoms with Crippen molar-refractivity contribution in [3.63, 3.8) is 0 Å². The van der Waals surface area contributed by atoms with Gasteiger partial charge in [0.1, 0.15) is 5.82 Å². The van der Waals surface area contributed by atoms with Gasteiger partial charge in [0.05, 0.1) is 18.0 Å². The minimum atomic E-state index is -0.155. The van der Waals surface area contributed by atoms with Crippen LogP contribution in [0, 0.1) is 0 Å². The van der Waals surface area contributed by atoms with Crippen LogP contribution in [0.3, 0.4) is 0 Å². The fraction of sp³-hybridized carbons (Fsp3) is 0.545. The second-order valence-electron chi connectivity index (χ2n) is 4.16. The van der Waals surface area contributed by atoms with E-state index in [4.69, 9.17) is 5.73 Å². The van der Waals surface area contributed by atoms with Crippen molar-refractivity contribution in [3.05, 3.63) is 18.3 Å². The van der Waals surface area contributed by atoms with Crippen LogP contribution in [0.25, 0.3) is 0 Å². The van der Waals surface area contributed by atoms with E-state index in [1.54, 1.807) is 6.20 Å². The monoisotopic (exact) mass is 207 g/mol. The quantitative estimate of drug-likeness (QED) is 0.721. The fourth-order valence-electron chi connectivity index (χ4n) is 2.10. The molecule has 4 nitrogen and oxygen atoms in total. The highest BCUT2D eigenvalue weighted by Gasteiger charge is 2.24. The lowest BCUT2D eigenvalue weighted by molar-refractivity contribution is 0.131. The number of aliphatic hydroxyl groups excluding tert-OH is 1. The second kappa shape index (κ2) is 4.06. The maximum atomic E-state index is 9.53. The number of nitrogens with zero attached hydrogens (tertiary/aromatic N) is 2. The Labute approximate surface area is 89.7 Å². The Balaban J connectivity index is 2.13. The summed E-state index contributed by atoms with van der Waals surface area (Å²) < 4.78 is 0. The Kier molecular flexibility index (Phi) is 2.77. The van der Waals surface area contributed by atoms with Crippen LogP contribution in [0.1, 0.15) is 19.8 Å². The Morgan fingerprint density at radius 3 is 2.93 bits per heavy atom. The van der Waals surface area contributed by atoms with Crippen LogP contribution >= 0.6 is 0 Å². The van der Waals surface area contributed by atoms with Gasteiger partial charge in [-0.25, -0.2) is 4.98 Å². The summed E-state index contributed by atoms with van der Waals surface area (Å²) in [6, 6.07) is 4.16. The van der Waals surface area contributed by atoms with Gasteiger partial charge in [-0.1, -0.05) is 0 Å². The minimum absolute atomic E-state index is 0.155. The minimum Gasteiger partial charge on any atom is -0.393 e. The van der Waals surface area contributed by atoms with Gasteiger partial charge in [0.2, 0.25) is 0 Å². The molecule has 0 aromatic carbocycles. The molecular weight excluding hydrogens is 190 g/mol. The standard InChI is InChI=1S/C11H17N3O/c1-8-6-10(15)4-5-14(8)9-2-3-11(12)13-7-9/h2-3,7-8,10,15H,4-6H2,1H3,(H2,12,13)/t8-,10?/m0/s1. The SMILES string of the molecule is C[C@H]1CC(O)CCN1c1ccc(N)nc1. The Morgan fingerprint density at radius 1 is 1.53 bits per heavy atom. The number of hydrogen-bond donors (Lipinski definition) is 2. The first-order chi connectivity index (χ1) is 7.16. The summed E-state index contributed by atoms with van der Waals surface area (Å²) in [7, 11) is 0. The van der Waals surface area contributed by atoms with Crippen molar-refractivity contribution in [2.45, 2.75) is 31.9 Å². The molecule has 1 fully saturated rings. The third kappa shape index (κ3) is 2.21. The molecule has 3 N–H and O–H groups in total. The Bertz CT molecular complexity index is 325. The van der Waals surface area contributed by atoms with Crippen molar-refractivity contribution in [2.75, 3.05) is 17.2 Å². The number of hydrogen-bond acceptors (Lipinski definition) is 4. The smallest absolute Gasteiger partial charge is 0.123 e. The van der Waals surface area contributed by atoms with Crippen LogP contribution < -0.4 is 10.6 Å². The summed E-state index contributed by atoms with van der Waals surface area (Å²) in [6.45, 7) is 3.01. The number of rotatable bonds is 1. The number of pyridine rings is 1. The van der Waals surface area contributed by atoms with Crippen LogP contribution in [0.4, 0.5) is 11.5 Å². The van der Waals surface area contributed by atoms with E-state index in [0.717, 1.165) is 25.1 Å². The summed E-state index contributed by atoms with van der Waals surface area (Å²) in [6.07, 6.45) is 3.29. The van der Waals surface area contributed by atoms with E-state index >= 15 is 0 Å². The summed E-state index contributed by atoms with van der Waals surface area (Å²) in [5, 5.41) is 9.53. The zero-order valence-electron chi connectivity index (χ0n) is 8.93. The molecule has 15 heavy (non-hydrogen) atoms. The summed E-state index contributed by atoms with van der Waals surface area (Å²) in [4.78, 5) is 6.34. The van der Waals surface area contributed by atoms with Gasteiger partial charge in [0.15, 0.2) is 0 Å². The molecule has 82 valence electrons. The van der Waals surface area contributed by atoms with E-state index in [-0.39, 0.29) is 6.10 Å². The number of nitrogen functional groups attached to an aromatic ring is 1. The molecule has 2 rings (SSSR count). The van der Waals surface area contributed by atoms with Gasteiger partial charge < -0.3 is 15.7 Å². The van der Waals surface area contributed by atoms with Gasteiger partial charge in [0, 0.05) is 12.6 Å². The van der Waals surface area contributed by atoms with E-state index in [2.05, 4.69) is 16.8 Å². The normalized spacial score (nSPS) is 26.7. The highest BCUT2D eigenvalue weighted by Crippen LogP contribution is 2.24. The molecule has 0 radical (unpaired) electrons. The third-order valence-electron chi connectivity index (χ3n) is 2.95. The average Bonchev–Trinajstić information content (AvgIpc) is 2.20. The van der Waals surface area contributed by atoms with E-state index in [1.165, 1.54) is 0 Å². The zero-order valence-corrected chi connectivity index (χ0v) is 8.93. The van der Waals surface area contributed by atoms with Gasteiger partial charge in [-0.15, -0.1) is 0 Å². The molecule has 0 aliphatic carbocycles. The molecule has 0 spiro atoms. The summed E-state index contributed by atoms with van der Waals surface area (Å²) >= 11 is 0. The first kappa shape index (κ1) is 10.2. The largest absolute Gasteiger partial charge is 0.393 e. The molecule has 1 unspecified atom stereocenters. The number of aromatic nitrogens is 1. The highest BCUT2D eigenvalue weighted by atomic mass is 16.3. The molecule has 1 saturated heterocycles. The molecule has 4 heteroatoms. The maximum absolute atomic E-state index is 9.53. The number of piperidine rings is 1. The molecular formula is C11H17N3O. The summed E-state index contributed by atoms with van der Waals surface area (Å²) in [5.41, 5.74) is 6.63. The van der Waals surface area contributed by atoms with Crippen molar-refractivity contribution in [2.24, 2.45) is 0 Å². The summed E-state index contributed by atoms with van der Waals surface area (Å²) in [5.74, 6) is 0.545. The van der Waals surface area contributed by atoms with E-state index in [0.29, 0.717) is 11.9 Å².